The Labute approximate surface area is 126 Å². The molecular weight excluding hydrogens is 272 g/mol. The van der Waals surface area contributed by atoms with Gasteiger partial charge in [0.25, 0.3) is 0 Å². The highest BCUT2D eigenvalue weighted by Gasteiger charge is 2.23. The highest BCUT2D eigenvalue weighted by Crippen LogP contribution is 2.23. The van der Waals surface area contributed by atoms with Crippen molar-refractivity contribution >= 4 is 23.2 Å². The molecule has 0 unspecified atom stereocenters. The molecule has 0 saturated heterocycles. The van der Waals surface area contributed by atoms with Gasteiger partial charge in [0.1, 0.15) is 0 Å². The van der Waals surface area contributed by atoms with Gasteiger partial charge in [-0.05, 0) is 31.9 Å². The maximum absolute atomic E-state index is 12.4. The van der Waals surface area contributed by atoms with Crippen molar-refractivity contribution < 1.29 is 4.79 Å². The molecule has 4 heteroatoms. The summed E-state index contributed by atoms with van der Waals surface area (Å²) in [6, 6.07) is 7.95. The summed E-state index contributed by atoms with van der Waals surface area (Å²) >= 11 is 6.08. The number of carbonyl (C=O) groups is 1. The van der Waals surface area contributed by atoms with Crippen LogP contribution < -0.4 is 5.32 Å². The molecule has 1 aromatic carbocycles. The van der Waals surface area contributed by atoms with Crippen molar-refractivity contribution in [3.05, 3.63) is 29.3 Å². The van der Waals surface area contributed by atoms with E-state index < -0.39 is 0 Å². The Balaban J connectivity index is 1.90. The van der Waals surface area contributed by atoms with Crippen molar-refractivity contribution in [2.75, 3.05) is 18.4 Å². The molecule has 0 spiro atoms. The molecule has 1 aromatic rings. The van der Waals surface area contributed by atoms with Crippen molar-refractivity contribution in [2.45, 2.75) is 45.1 Å². The van der Waals surface area contributed by atoms with E-state index in [9.17, 15) is 4.79 Å². The molecule has 0 bridgehead atoms. The highest BCUT2D eigenvalue weighted by atomic mass is 35.5. The van der Waals surface area contributed by atoms with Crippen molar-refractivity contribution in [1.29, 1.82) is 0 Å². The average molecular weight is 295 g/mol. The number of nitrogens with one attached hydrogen (secondary N) is 1. The van der Waals surface area contributed by atoms with E-state index in [2.05, 4.69) is 12.2 Å². The first-order chi connectivity index (χ1) is 9.72. The molecule has 0 heterocycles. The third-order valence-electron chi connectivity index (χ3n) is 3.98. The molecule has 110 valence electrons. The van der Waals surface area contributed by atoms with E-state index in [1.807, 2.05) is 29.2 Å². The SMILES string of the molecule is CCN(C(=O)CNc1ccccc1Cl)C1CCCCC1. The summed E-state index contributed by atoms with van der Waals surface area (Å²) in [4.78, 5) is 14.4. The van der Waals surface area contributed by atoms with Crippen molar-refractivity contribution in [2.24, 2.45) is 0 Å². The van der Waals surface area contributed by atoms with Crippen LogP contribution in [-0.2, 0) is 4.79 Å². The van der Waals surface area contributed by atoms with Crippen LogP contribution in [0.1, 0.15) is 39.0 Å². The average Bonchev–Trinajstić information content (AvgIpc) is 2.48. The summed E-state index contributed by atoms with van der Waals surface area (Å²) in [6.45, 7) is 3.16. The number of amides is 1. The van der Waals surface area contributed by atoms with Crippen molar-refractivity contribution in [3.63, 3.8) is 0 Å². The molecule has 1 fully saturated rings. The normalized spacial score (nSPS) is 15.9. The zero-order chi connectivity index (χ0) is 14.4. The molecule has 0 aliphatic heterocycles. The monoisotopic (exact) mass is 294 g/mol. The van der Waals surface area contributed by atoms with Gasteiger partial charge in [-0.1, -0.05) is 43.0 Å². The predicted octanol–water partition coefficient (Wildman–Crippen LogP) is 3.93. The molecule has 1 aliphatic rings. The summed E-state index contributed by atoms with van der Waals surface area (Å²) in [5.74, 6) is 0.166. The third kappa shape index (κ3) is 3.89. The molecular formula is C16H23ClN2O. The minimum absolute atomic E-state index is 0.166. The number of hydrogen-bond donors (Lipinski definition) is 1. The Morgan fingerprint density at radius 3 is 2.65 bits per heavy atom. The van der Waals surface area contributed by atoms with Gasteiger partial charge in [0.15, 0.2) is 0 Å². The lowest BCUT2D eigenvalue weighted by atomic mass is 9.94. The van der Waals surface area contributed by atoms with E-state index in [1.165, 1.54) is 19.3 Å². The lowest BCUT2D eigenvalue weighted by molar-refractivity contribution is -0.132. The molecule has 0 atom stereocenters. The second-order valence-corrected chi connectivity index (χ2v) is 5.71. The van der Waals surface area contributed by atoms with Gasteiger partial charge in [-0.15, -0.1) is 0 Å². The first-order valence-electron chi connectivity index (χ1n) is 7.50. The lowest BCUT2D eigenvalue weighted by Crippen LogP contribution is -2.43. The number of hydrogen-bond acceptors (Lipinski definition) is 2. The summed E-state index contributed by atoms with van der Waals surface area (Å²) in [7, 11) is 0. The topological polar surface area (TPSA) is 32.3 Å². The molecule has 0 radical (unpaired) electrons. The number of nitrogens with zero attached hydrogens (tertiary/aromatic N) is 1. The Morgan fingerprint density at radius 1 is 1.30 bits per heavy atom. The minimum atomic E-state index is 0.166. The van der Waals surface area contributed by atoms with Crippen LogP contribution in [0, 0.1) is 0 Å². The highest BCUT2D eigenvalue weighted by molar-refractivity contribution is 6.33. The molecule has 1 saturated carbocycles. The second-order valence-electron chi connectivity index (χ2n) is 5.30. The number of likely N-dealkylation sites (N-methyl/N-ethyl adjacent to an activating group) is 1. The van der Waals surface area contributed by atoms with Gasteiger partial charge < -0.3 is 10.2 Å². The molecule has 0 aromatic heterocycles. The van der Waals surface area contributed by atoms with E-state index in [0.717, 1.165) is 25.1 Å². The fourth-order valence-electron chi connectivity index (χ4n) is 2.91. The molecule has 1 amide bonds. The minimum Gasteiger partial charge on any atom is -0.375 e. The maximum atomic E-state index is 12.4. The van der Waals surface area contributed by atoms with Crippen LogP contribution in [0.3, 0.4) is 0 Å². The van der Waals surface area contributed by atoms with Crippen LogP contribution in [0.15, 0.2) is 24.3 Å². The second kappa shape index (κ2) is 7.53. The van der Waals surface area contributed by atoms with Gasteiger partial charge in [-0.3, -0.25) is 4.79 Å². The van der Waals surface area contributed by atoms with Crippen LogP contribution in [-0.4, -0.2) is 29.9 Å². The van der Waals surface area contributed by atoms with Crippen LogP contribution >= 0.6 is 11.6 Å². The smallest absolute Gasteiger partial charge is 0.242 e. The Kier molecular flexibility index (Phi) is 5.72. The van der Waals surface area contributed by atoms with E-state index >= 15 is 0 Å². The van der Waals surface area contributed by atoms with Gasteiger partial charge in [0, 0.05) is 12.6 Å². The molecule has 20 heavy (non-hydrogen) atoms. The van der Waals surface area contributed by atoms with E-state index in [4.69, 9.17) is 11.6 Å². The van der Waals surface area contributed by atoms with Gasteiger partial charge in [-0.25, -0.2) is 0 Å². The predicted molar refractivity (Wildman–Crippen MR) is 84.2 cm³/mol. The van der Waals surface area contributed by atoms with Crippen molar-refractivity contribution in [3.8, 4) is 0 Å². The zero-order valence-corrected chi connectivity index (χ0v) is 12.8. The molecule has 1 N–H and O–H groups in total. The number of carbonyl (C=O) groups excluding carboxylic acids is 1. The number of rotatable bonds is 5. The summed E-state index contributed by atoms with van der Waals surface area (Å²) in [5, 5.41) is 3.80. The number of benzene rings is 1. The number of halogens is 1. The first kappa shape index (κ1) is 15.2. The Hall–Kier alpha value is -1.22. The fraction of sp³-hybridized carbons (Fsp3) is 0.562. The number of para-hydroxylation sites is 1. The zero-order valence-electron chi connectivity index (χ0n) is 12.1. The Bertz CT molecular complexity index is 444. The van der Waals surface area contributed by atoms with Crippen molar-refractivity contribution in [1.82, 2.24) is 4.90 Å². The van der Waals surface area contributed by atoms with E-state index in [1.54, 1.807) is 0 Å². The van der Waals surface area contributed by atoms with Crippen LogP contribution in [0.5, 0.6) is 0 Å². The largest absolute Gasteiger partial charge is 0.375 e. The molecule has 3 nitrogen and oxygen atoms in total. The van der Waals surface area contributed by atoms with E-state index in [0.29, 0.717) is 17.6 Å². The fourth-order valence-corrected chi connectivity index (χ4v) is 3.11. The standard InChI is InChI=1S/C16H23ClN2O/c1-2-19(13-8-4-3-5-9-13)16(20)12-18-15-11-7-6-10-14(15)17/h6-7,10-11,13,18H,2-5,8-9,12H2,1H3. The quantitative estimate of drug-likeness (QED) is 0.892. The first-order valence-corrected chi connectivity index (χ1v) is 7.88. The van der Waals surface area contributed by atoms with Gasteiger partial charge in [0.2, 0.25) is 5.91 Å². The van der Waals surface area contributed by atoms with Crippen LogP contribution in [0.2, 0.25) is 5.02 Å². The summed E-state index contributed by atoms with van der Waals surface area (Å²) in [6.07, 6.45) is 6.08. The Morgan fingerprint density at radius 2 is 2.00 bits per heavy atom. The van der Waals surface area contributed by atoms with E-state index in [-0.39, 0.29) is 5.91 Å². The molecule has 1 aliphatic carbocycles. The molecule has 2 rings (SSSR count). The number of anilines is 1. The van der Waals surface area contributed by atoms with Crippen LogP contribution in [0.4, 0.5) is 5.69 Å². The summed E-state index contributed by atoms with van der Waals surface area (Å²) < 4.78 is 0. The summed E-state index contributed by atoms with van der Waals surface area (Å²) in [5.41, 5.74) is 0.821. The van der Waals surface area contributed by atoms with Crippen LogP contribution in [0.25, 0.3) is 0 Å². The lowest BCUT2D eigenvalue weighted by Gasteiger charge is -2.33. The van der Waals surface area contributed by atoms with Gasteiger partial charge in [-0.2, -0.15) is 0 Å². The third-order valence-corrected chi connectivity index (χ3v) is 4.31. The van der Waals surface area contributed by atoms with Gasteiger partial charge in [0.05, 0.1) is 17.3 Å². The maximum Gasteiger partial charge on any atom is 0.242 e. The van der Waals surface area contributed by atoms with Gasteiger partial charge >= 0.3 is 0 Å².